The first-order valence-corrected chi connectivity index (χ1v) is 5.93. The summed E-state index contributed by atoms with van der Waals surface area (Å²) in [4.78, 5) is 4.46. The fourth-order valence-electron chi connectivity index (χ4n) is 2.05. The molecule has 0 aliphatic heterocycles. The van der Waals surface area contributed by atoms with Gasteiger partial charge < -0.3 is 5.32 Å². The van der Waals surface area contributed by atoms with Crippen LogP contribution in [0.2, 0.25) is 0 Å². The third kappa shape index (κ3) is 2.25. The van der Waals surface area contributed by atoms with E-state index in [1.54, 1.807) is 0 Å². The molecule has 86 valence electrons. The van der Waals surface area contributed by atoms with Crippen LogP contribution in [0.25, 0.3) is 11.0 Å². The average molecular weight is 226 g/mol. The van der Waals surface area contributed by atoms with Crippen molar-refractivity contribution in [3.05, 3.63) is 36.4 Å². The Hall–Kier alpha value is -1.97. The highest BCUT2D eigenvalue weighted by molar-refractivity contribution is 5.74. The minimum Gasteiger partial charge on any atom is -0.350 e. The van der Waals surface area contributed by atoms with E-state index in [9.17, 15) is 0 Å². The van der Waals surface area contributed by atoms with Crippen molar-refractivity contribution in [3.63, 3.8) is 0 Å². The predicted molar refractivity (Wildman–Crippen MR) is 67.7 cm³/mol. The van der Waals surface area contributed by atoms with Crippen molar-refractivity contribution >= 4 is 17.0 Å². The number of nitrogens with zero attached hydrogens (tertiary/aromatic N) is 3. The van der Waals surface area contributed by atoms with E-state index in [-0.39, 0.29) is 0 Å². The second-order valence-corrected chi connectivity index (χ2v) is 4.25. The number of para-hydroxylation sites is 1. The molecule has 0 saturated carbocycles. The SMILES string of the molecule is C1=CCC(Nc2nnc3ccccc3n2)CC1. The maximum atomic E-state index is 4.46. The lowest BCUT2D eigenvalue weighted by molar-refractivity contribution is 0.637. The summed E-state index contributed by atoms with van der Waals surface area (Å²) in [5.74, 6) is 0.629. The van der Waals surface area contributed by atoms with E-state index in [2.05, 4.69) is 32.7 Å². The summed E-state index contributed by atoms with van der Waals surface area (Å²) in [7, 11) is 0. The van der Waals surface area contributed by atoms with Crippen molar-refractivity contribution in [1.29, 1.82) is 0 Å². The maximum absolute atomic E-state index is 4.46. The van der Waals surface area contributed by atoms with Crippen LogP contribution in [0.15, 0.2) is 36.4 Å². The predicted octanol–water partition coefficient (Wildman–Crippen LogP) is 2.55. The van der Waals surface area contributed by atoms with E-state index in [1.165, 1.54) is 0 Å². The zero-order chi connectivity index (χ0) is 11.5. The quantitative estimate of drug-likeness (QED) is 0.799. The molecular formula is C13H14N4. The normalized spacial score (nSPS) is 19.4. The van der Waals surface area contributed by atoms with Gasteiger partial charge in [-0.1, -0.05) is 24.3 Å². The Labute approximate surface area is 99.8 Å². The number of fused-ring (bicyclic) bond motifs is 1. The minimum atomic E-state index is 0.433. The summed E-state index contributed by atoms with van der Waals surface area (Å²) in [6.07, 6.45) is 7.72. The van der Waals surface area contributed by atoms with Crippen molar-refractivity contribution in [1.82, 2.24) is 15.2 Å². The molecule has 0 radical (unpaired) electrons. The van der Waals surface area contributed by atoms with Crippen LogP contribution >= 0.6 is 0 Å². The maximum Gasteiger partial charge on any atom is 0.243 e. The van der Waals surface area contributed by atoms with Gasteiger partial charge in [-0.25, -0.2) is 4.98 Å². The van der Waals surface area contributed by atoms with E-state index in [4.69, 9.17) is 0 Å². The highest BCUT2D eigenvalue weighted by Crippen LogP contribution is 2.15. The molecule has 2 aromatic rings. The molecule has 1 heterocycles. The molecule has 4 heteroatoms. The van der Waals surface area contributed by atoms with E-state index in [0.717, 1.165) is 30.3 Å². The molecular weight excluding hydrogens is 212 g/mol. The Balaban J connectivity index is 1.83. The highest BCUT2D eigenvalue weighted by Gasteiger charge is 2.11. The molecule has 0 amide bonds. The first kappa shape index (κ1) is 10.2. The molecule has 0 fully saturated rings. The number of hydrogen-bond acceptors (Lipinski definition) is 4. The van der Waals surface area contributed by atoms with Crippen molar-refractivity contribution in [2.45, 2.75) is 25.3 Å². The topological polar surface area (TPSA) is 50.7 Å². The summed E-state index contributed by atoms with van der Waals surface area (Å²) >= 11 is 0. The van der Waals surface area contributed by atoms with E-state index in [0.29, 0.717) is 12.0 Å². The fraction of sp³-hybridized carbons (Fsp3) is 0.308. The lowest BCUT2D eigenvalue weighted by Gasteiger charge is -2.18. The molecule has 1 aromatic heterocycles. The molecule has 17 heavy (non-hydrogen) atoms. The van der Waals surface area contributed by atoms with Crippen LogP contribution in [0.5, 0.6) is 0 Å². The molecule has 0 saturated heterocycles. The van der Waals surface area contributed by atoms with Crippen LogP contribution in [0.4, 0.5) is 5.95 Å². The second-order valence-electron chi connectivity index (χ2n) is 4.25. The van der Waals surface area contributed by atoms with Gasteiger partial charge in [0, 0.05) is 6.04 Å². The Kier molecular flexibility index (Phi) is 2.69. The zero-order valence-corrected chi connectivity index (χ0v) is 9.50. The van der Waals surface area contributed by atoms with Gasteiger partial charge in [0.05, 0.1) is 5.52 Å². The van der Waals surface area contributed by atoms with Crippen LogP contribution in [-0.4, -0.2) is 21.2 Å². The highest BCUT2D eigenvalue weighted by atomic mass is 15.2. The monoisotopic (exact) mass is 226 g/mol. The largest absolute Gasteiger partial charge is 0.350 e. The van der Waals surface area contributed by atoms with Crippen molar-refractivity contribution in [2.75, 3.05) is 5.32 Å². The van der Waals surface area contributed by atoms with Gasteiger partial charge in [-0.3, -0.25) is 0 Å². The van der Waals surface area contributed by atoms with Gasteiger partial charge in [-0.05, 0) is 31.4 Å². The first-order valence-electron chi connectivity index (χ1n) is 5.93. The smallest absolute Gasteiger partial charge is 0.243 e. The summed E-state index contributed by atoms with van der Waals surface area (Å²) in [5, 5.41) is 11.6. The van der Waals surface area contributed by atoms with Crippen molar-refractivity contribution < 1.29 is 0 Å². The van der Waals surface area contributed by atoms with Gasteiger partial charge in [0.2, 0.25) is 5.95 Å². The molecule has 1 aliphatic carbocycles. The van der Waals surface area contributed by atoms with Crippen LogP contribution in [0, 0.1) is 0 Å². The fourth-order valence-corrected chi connectivity index (χ4v) is 2.05. The molecule has 4 nitrogen and oxygen atoms in total. The van der Waals surface area contributed by atoms with Gasteiger partial charge in [-0.15, -0.1) is 10.2 Å². The third-order valence-electron chi connectivity index (χ3n) is 2.96. The zero-order valence-electron chi connectivity index (χ0n) is 9.50. The van der Waals surface area contributed by atoms with Crippen LogP contribution < -0.4 is 5.32 Å². The summed E-state index contributed by atoms with van der Waals surface area (Å²) < 4.78 is 0. The second kappa shape index (κ2) is 4.49. The number of aromatic nitrogens is 3. The van der Waals surface area contributed by atoms with E-state index in [1.807, 2.05) is 24.3 Å². The van der Waals surface area contributed by atoms with E-state index < -0.39 is 0 Å². The molecule has 0 bridgehead atoms. The molecule has 3 rings (SSSR count). The number of anilines is 1. The lowest BCUT2D eigenvalue weighted by atomic mass is 10.0. The van der Waals surface area contributed by atoms with E-state index >= 15 is 0 Å². The number of rotatable bonds is 2. The van der Waals surface area contributed by atoms with Gasteiger partial charge >= 0.3 is 0 Å². The summed E-state index contributed by atoms with van der Waals surface area (Å²) in [6, 6.07) is 8.21. The van der Waals surface area contributed by atoms with Crippen LogP contribution in [0.1, 0.15) is 19.3 Å². The summed E-state index contributed by atoms with van der Waals surface area (Å²) in [5.41, 5.74) is 1.72. The number of nitrogens with one attached hydrogen (secondary N) is 1. The Morgan fingerprint density at radius 1 is 1.06 bits per heavy atom. The average Bonchev–Trinajstić information content (AvgIpc) is 2.40. The Morgan fingerprint density at radius 3 is 2.76 bits per heavy atom. The van der Waals surface area contributed by atoms with Gasteiger partial charge in [-0.2, -0.15) is 0 Å². The lowest BCUT2D eigenvalue weighted by Crippen LogP contribution is -2.21. The number of hydrogen-bond donors (Lipinski definition) is 1. The minimum absolute atomic E-state index is 0.433. The third-order valence-corrected chi connectivity index (χ3v) is 2.96. The standard InChI is InChI=1S/C13H14N4/c1-2-6-10(7-3-1)14-13-15-11-8-4-5-9-12(11)16-17-13/h1-2,4-5,8-10H,3,6-7H2,(H,14,15,17). The van der Waals surface area contributed by atoms with Crippen molar-refractivity contribution in [3.8, 4) is 0 Å². The van der Waals surface area contributed by atoms with Gasteiger partial charge in [0.15, 0.2) is 0 Å². The van der Waals surface area contributed by atoms with Crippen LogP contribution in [0.3, 0.4) is 0 Å². The van der Waals surface area contributed by atoms with Gasteiger partial charge in [0.1, 0.15) is 5.52 Å². The number of benzene rings is 1. The van der Waals surface area contributed by atoms with Crippen molar-refractivity contribution in [2.24, 2.45) is 0 Å². The summed E-state index contributed by atoms with van der Waals surface area (Å²) in [6.45, 7) is 0. The van der Waals surface area contributed by atoms with Gasteiger partial charge in [0.25, 0.3) is 0 Å². The first-order chi connectivity index (χ1) is 8.42. The van der Waals surface area contributed by atoms with Crippen LogP contribution in [-0.2, 0) is 0 Å². The Morgan fingerprint density at radius 2 is 1.94 bits per heavy atom. The molecule has 1 unspecified atom stereocenters. The molecule has 1 aliphatic rings. The number of allylic oxidation sites excluding steroid dienone is 1. The Bertz CT molecular complexity index is 550. The molecule has 1 atom stereocenters. The molecule has 0 spiro atoms. The molecule has 1 N–H and O–H groups in total. The molecule has 1 aromatic carbocycles.